The number of carbonyl (C=O) groups excluding carboxylic acids is 2. The van der Waals surface area contributed by atoms with Crippen molar-refractivity contribution >= 4 is 23.2 Å². The number of pyridine rings is 1. The zero-order chi connectivity index (χ0) is 21.7. The van der Waals surface area contributed by atoms with Crippen molar-refractivity contribution in [3.05, 3.63) is 77.4 Å². The Morgan fingerprint density at radius 3 is 2.61 bits per heavy atom. The summed E-state index contributed by atoms with van der Waals surface area (Å²) in [6.07, 6.45) is 3.59. The fraction of sp³-hybridized carbons (Fsp3) is 0.292. The van der Waals surface area contributed by atoms with Gasteiger partial charge in [0.15, 0.2) is 5.60 Å². The van der Waals surface area contributed by atoms with Gasteiger partial charge in [0.25, 0.3) is 11.8 Å². The van der Waals surface area contributed by atoms with Crippen molar-refractivity contribution in [1.82, 2.24) is 15.2 Å². The van der Waals surface area contributed by atoms with Crippen molar-refractivity contribution in [2.45, 2.75) is 18.9 Å². The number of nitrogens with one attached hydrogen (secondary N) is 1. The smallest absolute Gasteiger partial charge is 0.254 e. The summed E-state index contributed by atoms with van der Waals surface area (Å²) >= 11 is 1.69. The standard InChI is InChI=1S/C24H25N3O3S/c1-2-26-23(29)24(16-18-5-7-19(8-6-18)21-4-3-15-31-21)17-27(13-14-30-24)22(28)20-9-11-25-12-10-20/h3-12,15H,2,13-14,16-17H2,1H3,(H,26,29). The highest BCUT2D eigenvalue weighted by Crippen LogP contribution is 2.28. The Bertz CT molecular complexity index is 1020. The molecule has 2 amide bonds. The summed E-state index contributed by atoms with van der Waals surface area (Å²) in [5.74, 6) is -0.308. The Balaban J connectivity index is 1.58. The lowest BCUT2D eigenvalue weighted by atomic mass is 9.90. The first-order chi connectivity index (χ1) is 15.1. The van der Waals surface area contributed by atoms with E-state index in [-0.39, 0.29) is 18.4 Å². The molecule has 1 saturated heterocycles. The molecule has 160 valence electrons. The summed E-state index contributed by atoms with van der Waals surface area (Å²) in [7, 11) is 0. The third-order valence-electron chi connectivity index (χ3n) is 5.40. The largest absolute Gasteiger partial charge is 0.361 e. The Morgan fingerprint density at radius 2 is 1.94 bits per heavy atom. The molecule has 1 N–H and O–H groups in total. The molecular weight excluding hydrogens is 410 g/mol. The van der Waals surface area contributed by atoms with E-state index < -0.39 is 5.60 Å². The van der Waals surface area contributed by atoms with Crippen LogP contribution in [-0.4, -0.2) is 53.5 Å². The maximum atomic E-state index is 13.1. The number of morpholine rings is 1. The van der Waals surface area contributed by atoms with Crippen LogP contribution in [-0.2, 0) is 16.0 Å². The van der Waals surface area contributed by atoms with Crippen LogP contribution in [0, 0.1) is 0 Å². The molecular formula is C24H25N3O3S. The molecule has 31 heavy (non-hydrogen) atoms. The second-order valence-electron chi connectivity index (χ2n) is 7.52. The fourth-order valence-electron chi connectivity index (χ4n) is 3.84. The highest BCUT2D eigenvalue weighted by molar-refractivity contribution is 7.13. The number of aromatic nitrogens is 1. The molecule has 1 aromatic carbocycles. The first-order valence-electron chi connectivity index (χ1n) is 10.4. The first-order valence-corrected chi connectivity index (χ1v) is 11.2. The average Bonchev–Trinajstić information content (AvgIpc) is 3.35. The van der Waals surface area contributed by atoms with E-state index in [1.54, 1.807) is 40.8 Å². The third kappa shape index (κ3) is 4.68. The van der Waals surface area contributed by atoms with Gasteiger partial charge in [0.2, 0.25) is 0 Å². The summed E-state index contributed by atoms with van der Waals surface area (Å²) in [4.78, 5) is 33.0. The number of thiophene rings is 1. The van der Waals surface area contributed by atoms with Crippen LogP contribution in [0.1, 0.15) is 22.8 Å². The van der Waals surface area contributed by atoms with Gasteiger partial charge in [-0.3, -0.25) is 14.6 Å². The van der Waals surface area contributed by atoms with Crippen LogP contribution in [0.4, 0.5) is 0 Å². The number of ether oxygens (including phenoxy) is 1. The molecule has 1 atom stereocenters. The molecule has 4 rings (SSSR count). The van der Waals surface area contributed by atoms with E-state index in [4.69, 9.17) is 4.74 Å². The van der Waals surface area contributed by atoms with E-state index in [1.165, 1.54) is 4.88 Å². The monoisotopic (exact) mass is 435 g/mol. The van der Waals surface area contributed by atoms with Crippen LogP contribution in [0.3, 0.4) is 0 Å². The van der Waals surface area contributed by atoms with E-state index in [2.05, 4.69) is 33.9 Å². The molecule has 1 fully saturated rings. The predicted octanol–water partition coefficient (Wildman–Crippen LogP) is 3.40. The zero-order valence-corrected chi connectivity index (χ0v) is 18.2. The molecule has 0 bridgehead atoms. The quantitative estimate of drug-likeness (QED) is 0.644. The van der Waals surface area contributed by atoms with Crippen molar-refractivity contribution in [2.75, 3.05) is 26.2 Å². The van der Waals surface area contributed by atoms with Gasteiger partial charge in [-0.2, -0.15) is 0 Å². The SMILES string of the molecule is CCNC(=O)C1(Cc2ccc(-c3cccs3)cc2)CN(C(=O)c2ccncc2)CCO1. The van der Waals surface area contributed by atoms with Gasteiger partial charge >= 0.3 is 0 Å². The first kappa shape index (κ1) is 21.2. The number of likely N-dealkylation sites (N-methyl/N-ethyl adjacent to an activating group) is 1. The van der Waals surface area contributed by atoms with Crippen molar-refractivity contribution in [1.29, 1.82) is 0 Å². The Hall–Kier alpha value is -3.03. The normalized spacial score (nSPS) is 18.5. The van der Waals surface area contributed by atoms with Crippen LogP contribution >= 0.6 is 11.3 Å². The molecule has 0 spiro atoms. The maximum Gasteiger partial charge on any atom is 0.254 e. The van der Waals surface area contributed by atoms with Gasteiger partial charge in [0.1, 0.15) is 0 Å². The van der Waals surface area contributed by atoms with Crippen LogP contribution in [0.2, 0.25) is 0 Å². The highest BCUT2D eigenvalue weighted by Gasteiger charge is 2.45. The molecule has 0 radical (unpaired) electrons. The summed E-state index contributed by atoms with van der Waals surface area (Å²) in [6.45, 7) is 3.33. The van der Waals surface area contributed by atoms with Gasteiger partial charge < -0.3 is 15.0 Å². The molecule has 2 aromatic heterocycles. The van der Waals surface area contributed by atoms with Crippen LogP contribution in [0.5, 0.6) is 0 Å². The van der Waals surface area contributed by atoms with Crippen molar-refractivity contribution in [3.8, 4) is 10.4 Å². The van der Waals surface area contributed by atoms with Crippen molar-refractivity contribution < 1.29 is 14.3 Å². The minimum atomic E-state index is -1.12. The summed E-state index contributed by atoms with van der Waals surface area (Å²) < 4.78 is 6.09. The van der Waals surface area contributed by atoms with Crippen LogP contribution in [0.15, 0.2) is 66.3 Å². The van der Waals surface area contributed by atoms with E-state index in [0.717, 1.165) is 11.1 Å². The predicted molar refractivity (Wildman–Crippen MR) is 121 cm³/mol. The minimum Gasteiger partial charge on any atom is -0.361 e. The molecule has 1 aliphatic heterocycles. The lowest BCUT2D eigenvalue weighted by molar-refractivity contribution is -0.157. The third-order valence-corrected chi connectivity index (χ3v) is 6.32. The summed E-state index contributed by atoms with van der Waals surface area (Å²) in [6, 6.07) is 15.7. The molecule has 1 aliphatic rings. The van der Waals surface area contributed by atoms with Crippen molar-refractivity contribution in [3.63, 3.8) is 0 Å². The lowest BCUT2D eigenvalue weighted by Crippen LogP contribution is -2.62. The molecule has 3 aromatic rings. The maximum absolute atomic E-state index is 13.1. The molecule has 3 heterocycles. The topological polar surface area (TPSA) is 71.5 Å². The number of nitrogens with zero attached hydrogens (tertiary/aromatic N) is 2. The van der Waals surface area contributed by atoms with Crippen molar-refractivity contribution in [2.24, 2.45) is 0 Å². The number of hydrogen-bond acceptors (Lipinski definition) is 5. The lowest BCUT2D eigenvalue weighted by Gasteiger charge is -2.41. The van der Waals surface area contributed by atoms with Gasteiger partial charge in [-0.1, -0.05) is 30.3 Å². The van der Waals surface area contributed by atoms with Gasteiger partial charge in [0.05, 0.1) is 13.2 Å². The van der Waals surface area contributed by atoms with E-state index in [1.807, 2.05) is 25.1 Å². The molecule has 1 unspecified atom stereocenters. The van der Waals surface area contributed by atoms with Crippen LogP contribution in [0.25, 0.3) is 10.4 Å². The van der Waals surface area contributed by atoms with E-state index in [0.29, 0.717) is 31.7 Å². The van der Waals surface area contributed by atoms with Gasteiger partial charge in [-0.25, -0.2) is 0 Å². The van der Waals surface area contributed by atoms with E-state index in [9.17, 15) is 9.59 Å². The molecule has 6 nitrogen and oxygen atoms in total. The summed E-state index contributed by atoms with van der Waals surface area (Å²) in [5.41, 5.74) is 1.57. The zero-order valence-electron chi connectivity index (χ0n) is 17.4. The second kappa shape index (κ2) is 9.41. The Labute approximate surface area is 185 Å². The van der Waals surface area contributed by atoms with E-state index >= 15 is 0 Å². The number of rotatable bonds is 6. The average molecular weight is 436 g/mol. The number of hydrogen-bond donors (Lipinski definition) is 1. The number of carbonyl (C=O) groups is 2. The molecule has 7 heteroatoms. The second-order valence-corrected chi connectivity index (χ2v) is 8.46. The number of amides is 2. The molecule has 0 aliphatic carbocycles. The number of benzene rings is 1. The molecule has 0 saturated carbocycles. The highest BCUT2D eigenvalue weighted by atomic mass is 32.1. The van der Waals surface area contributed by atoms with Gasteiger partial charge in [-0.05, 0) is 41.6 Å². The Morgan fingerprint density at radius 1 is 1.16 bits per heavy atom. The minimum absolute atomic E-state index is 0.118. The Kier molecular flexibility index (Phi) is 6.44. The summed E-state index contributed by atoms with van der Waals surface area (Å²) in [5, 5.41) is 4.95. The van der Waals surface area contributed by atoms with Gasteiger partial charge in [-0.15, -0.1) is 11.3 Å². The van der Waals surface area contributed by atoms with Gasteiger partial charge in [0, 0.05) is 42.3 Å². The fourth-order valence-corrected chi connectivity index (χ4v) is 4.57. The van der Waals surface area contributed by atoms with Crippen LogP contribution < -0.4 is 5.32 Å².